The Bertz CT molecular complexity index is 1610. The highest BCUT2D eigenvalue weighted by atomic mass is 32.2. The highest BCUT2D eigenvalue weighted by molar-refractivity contribution is 7.99. The molecule has 3 aliphatic rings. The topological polar surface area (TPSA) is 80.0 Å². The fourth-order valence-corrected chi connectivity index (χ4v) is 7.68. The van der Waals surface area contributed by atoms with Gasteiger partial charge in [0.15, 0.2) is 0 Å². The van der Waals surface area contributed by atoms with Crippen LogP contribution in [0.4, 0.5) is 17.2 Å². The number of methoxy groups -OCH3 is 1. The van der Waals surface area contributed by atoms with Gasteiger partial charge in [-0.05, 0) is 68.6 Å². The van der Waals surface area contributed by atoms with E-state index in [-0.39, 0.29) is 17.2 Å². The van der Waals surface area contributed by atoms with Crippen LogP contribution < -0.4 is 21.0 Å². The molecular weight excluding hydrogens is 550 g/mol. The molecule has 6 rings (SSSR count). The van der Waals surface area contributed by atoms with Crippen molar-refractivity contribution >= 4 is 34.9 Å². The summed E-state index contributed by atoms with van der Waals surface area (Å²) in [5, 5.41) is 0. The van der Waals surface area contributed by atoms with Crippen molar-refractivity contribution in [3.8, 4) is 0 Å². The largest absolute Gasteiger partial charge is 0.468 e. The fraction of sp³-hybridized carbons (Fsp3) is 0.469. The molecular formula is C32H39N5O4S. The number of rotatable bonds is 7. The van der Waals surface area contributed by atoms with Gasteiger partial charge in [-0.1, -0.05) is 36.4 Å². The van der Waals surface area contributed by atoms with E-state index >= 15 is 0 Å². The molecule has 222 valence electrons. The maximum atomic E-state index is 12.8. The monoisotopic (exact) mass is 589 g/mol. The molecule has 1 saturated heterocycles. The lowest BCUT2D eigenvalue weighted by Gasteiger charge is -2.41. The first-order valence-corrected chi connectivity index (χ1v) is 15.7. The molecule has 2 fully saturated rings. The van der Waals surface area contributed by atoms with Gasteiger partial charge in [-0.15, -0.1) is 0 Å². The van der Waals surface area contributed by atoms with Crippen molar-refractivity contribution in [2.24, 2.45) is 14.1 Å². The van der Waals surface area contributed by atoms with Crippen LogP contribution in [-0.4, -0.2) is 66.4 Å². The Balaban J connectivity index is 1.17. The molecule has 0 amide bonds. The summed E-state index contributed by atoms with van der Waals surface area (Å²) in [6.07, 6.45) is 4.65. The Kier molecular flexibility index (Phi) is 7.93. The second kappa shape index (κ2) is 11.6. The number of aromatic nitrogens is 2. The third-order valence-corrected chi connectivity index (χ3v) is 10.4. The first-order chi connectivity index (χ1) is 20.3. The number of fused-ring (bicyclic) bond motifs is 2. The van der Waals surface area contributed by atoms with Crippen LogP contribution in [0.1, 0.15) is 37.7 Å². The molecule has 3 aromatic rings. The molecule has 10 heteroatoms. The standard InChI is InChI=1S/C32H39N5O4S/c1-33-28(22-29(38)34(2)31(33)40)36-17-7-15-35(19-20-36)16-8-18-37-24-9-4-5-10-26(24)42-27-12-11-23(21-25(27)37)32(13-6-14-32)30(39)41-3/h4-5,9-12,21-22H,6-8,13-20H2,1-3H3. The Hall–Kier alpha value is -3.50. The molecule has 0 bridgehead atoms. The number of carbonyl (C=O) groups excluding carboxylic acids is 1. The molecule has 1 saturated carbocycles. The minimum atomic E-state index is -0.526. The summed E-state index contributed by atoms with van der Waals surface area (Å²) in [5.41, 5.74) is 2.34. The van der Waals surface area contributed by atoms with Crippen LogP contribution in [0, 0.1) is 0 Å². The van der Waals surface area contributed by atoms with Gasteiger partial charge in [0.1, 0.15) is 5.82 Å². The number of esters is 1. The summed E-state index contributed by atoms with van der Waals surface area (Å²) in [5.74, 6) is 0.561. The van der Waals surface area contributed by atoms with Gasteiger partial charge in [-0.3, -0.25) is 18.7 Å². The second-order valence-electron chi connectivity index (χ2n) is 11.6. The van der Waals surface area contributed by atoms with E-state index in [0.29, 0.717) is 5.82 Å². The zero-order valence-corrected chi connectivity index (χ0v) is 25.5. The van der Waals surface area contributed by atoms with Gasteiger partial charge in [0.2, 0.25) is 0 Å². The number of carbonyl (C=O) groups is 1. The summed E-state index contributed by atoms with van der Waals surface area (Å²) in [6, 6.07) is 16.6. The van der Waals surface area contributed by atoms with E-state index in [9.17, 15) is 14.4 Å². The van der Waals surface area contributed by atoms with Crippen molar-refractivity contribution in [1.29, 1.82) is 0 Å². The van der Waals surface area contributed by atoms with E-state index in [4.69, 9.17) is 4.74 Å². The van der Waals surface area contributed by atoms with Crippen molar-refractivity contribution in [2.45, 2.75) is 47.3 Å². The summed E-state index contributed by atoms with van der Waals surface area (Å²) < 4.78 is 7.96. The molecule has 2 aliphatic heterocycles. The van der Waals surface area contributed by atoms with Crippen molar-refractivity contribution < 1.29 is 9.53 Å². The molecule has 2 aromatic carbocycles. The van der Waals surface area contributed by atoms with Gasteiger partial charge in [0, 0.05) is 56.1 Å². The highest BCUT2D eigenvalue weighted by Crippen LogP contribution is 2.51. The minimum Gasteiger partial charge on any atom is -0.468 e. The highest BCUT2D eigenvalue weighted by Gasteiger charge is 2.47. The van der Waals surface area contributed by atoms with Gasteiger partial charge in [-0.2, -0.15) is 0 Å². The van der Waals surface area contributed by atoms with Gasteiger partial charge in [-0.25, -0.2) is 4.79 Å². The molecule has 42 heavy (non-hydrogen) atoms. The van der Waals surface area contributed by atoms with Crippen molar-refractivity contribution in [3.63, 3.8) is 0 Å². The minimum absolute atomic E-state index is 0.129. The summed E-state index contributed by atoms with van der Waals surface area (Å²) in [7, 11) is 4.74. The van der Waals surface area contributed by atoms with Crippen molar-refractivity contribution in [3.05, 3.63) is 74.9 Å². The molecule has 3 heterocycles. The van der Waals surface area contributed by atoms with E-state index in [1.165, 1.54) is 35.3 Å². The molecule has 0 radical (unpaired) electrons. The number of anilines is 3. The maximum Gasteiger partial charge on any atom is 0.332 e. The van der Waals surface area contributed by atoms with Gasteiger partial charge in [0.25, 0.3) is 5.56 Å². The average Bonchev–Trinajstić information content (AvgIpc) is 3.22. The van der Waals surface area contributed by atoms with Crippen LogP contribution in [0.2, 0.25) is 0 Å². The number of hydrogen-bond donors (Lipinski definition) is 0. The van der Waals surface area contributed by atoms with Gasteiger partial charge in [0.05, 0.1) is 23.9 Å². The fourth-order valence-electron chi connectivity index (χ4n) is 6.61. The third-order valence-electron chi connectivity index (χ3n) is 9.23. The number of ether oxygens (including phenoxy) is 1. The van der Waals surface area contributed by atoms with Crippen LogP contribution in [0.25, 0.3) is 0 Å². The third kappa shape index (κ3) is 5.04. The zero-order chi connectivity index (χ0) is 29.4. The maximum absolute atomic E-state index is 12.8. The van der Waals surface area contributed by atoms with E-state index < -0.39 is 5.41 Å². The Morgan fingerprint density at radius 1 is 0.881 bits per heavy atom. The average molecular weight is 590 g/mol. The molecule has 0 N–H and O–H groups in total. The Morgan fingerprint density at radius 2 is 1.67 bits per heavy atom. The Morgan fingerprint density at radius 3 is 2.43 bits per heavy atom. The number of hydrogen-bond acceptors (Lipinski definition) is 8. The predicted octanol–water partition coefficient (Wildman–Crippen LogP) is 3.88. The number of benzene rings is 2. The lowest BCUT2D eigenvalue weighted by Crippen LogP contribution is -2.43. The molecule has 1 aliphatic carbocycles. The lowest BCUT2D eigenvalue weighted by atomic mass is 9.64. The van der Waals surface area contributed by atoms with Crippen molar-refractivity contribution in [1.82, 2.24) is 14.0 Å². The van der Waals surface area contributed by atoms with Gasteiger partial charge < -0.3 is 19.4 Å². The number of nitrogens with zero attached hydrogens (tertiary/aromatic N) is 5. The van der Waals surface area contributed by atoms with E-state index in [1.807, 2.05) is 0 Å². The SMILES string of the molecule is COC(=O)C1(c2ccc3c(c2)N(CCCN2CCCN(c4cc(=O)n(C)c(=O)n4C)CC2)c2ccccc2S3)CCC1. The first kappa shape index (κ1) is 28.6. The first-order valence-electron chi connectivity index (χ1n) is 14.8. The summed E-state index contributed by atoms with van der Waals surface area (Å²) >= 11 is 1.79. The lowest BCUT2D eigenvalue weighted by molar-refractivity contribution is -0.151. The molecule has 0 unspecified atom stereocenters. The van der Waals surface area contributed by atoms with Crippen LogP contribution in [0.15, 0.2) is 67.9 Å². The van der Waals surface area contributed by atoms with Crippen LogP contribution >= 0.6 is 11.8 Å². The number of para-hydroxylation sites is 1. The molecule has 9 nitrogen and oxygen atoms in total. The molecule has 0 atom stereocenters. The summed E-state index contributed by atoms with van der Waals surface area (Å²) in [6.45, 7) is 5.25. The second-order valence-corrected chi connectivity index (χ2v) is 12.7. The van der Waals surface area contributed by atoms with Crippen LogP contribution in [-0.2, 0) is 29.0 Å². The predicted molar refractivity (Wildman–Crippen MR) is 166 cm³/mol. The van der Waals surface area contributed by atoms with E-state index in [0.717, 1.165) is 81.5 Å². The zero-order valence-electron chi connectivity index (χ0n) is 24.7. The van der Waals surface area contributed by atoms with Crippen LogP contribution in [0.3, 0.4) is 0 Å². The normalized spacial score (nSPS) is 18.1. The van der Waals surface area contributed by atoms with E-state index in [1.54, 1.807) is 29.4 Å². The quantitative estimate of drug-likeness (QED) is 0.385. The van der Waals surface area contributed by atoms with E-state index in [2.05, 4.69) is 57.2 Å². The van der Waals surface area contributed by atoms with Crippen LogP contribution in [0.5, 0.6) is 0 Å². The molecule has 1 aromatic heterocycles. The summed E-state index contributed by atoms with van der Waals surface area (Å²) in [4.78, 5) is 47.1. The van der Waals surface area contributed by atoms with Gasteiger partial charge >= 0.3 is 11.7 Å². The van der Waals surface area contributed by atoms with Crippen molar-refractivity contribution in [2.75, 3.05) is 56.2 Å². The molecule has 0 spiro atoms. The Labute approximate surface area is 250 Å². The smallest absolute Gasteiger partial charge is 0.332 e.